The van der Waals surface area contributed by atoms with Gasteiger partial charge in [-0.05, 0) is 49.6 Å². The van der Waals surface area contributed by atoms with Gasteiger partial charge in [-0.3, -0.25) is 4.57 Å². The summed E-state index contributed by atoms with van der Waals surface area (Å²) in [4.78, 5) is 3.52. The van der Waals surface area contributed by atoms with E-state index in [1.54, 1.807) is 25.3 Å². The zero-order valence-corrected chi connectivity index (χ0v) is 18.3. The molecule has 2 aromatic carbocycles. The molecule has 0 bridgehead atoms. The van der Waals surface area contributed by atoms with Crippen molar-refractivity contribution in [1.29, 1.82) is 0 Å². The van der Waals surface area contributed by atoms with Gasteiger partial charge in [0, 0.05) is 29.6 Å². The number of hydrogen-bond donors (Lipinski definition) is 1. The number of nitrogens with zero attached hydrogens (tertiary/aromatic N) is 2. The van der Waals surface area contributed by atoms with Gasteiger partial charge in [0.25, 0.3) is 0 Å². The first-order valence-electron chi connectivity index (χ1n) is 11.1. The maximum Gasteiger partial charge on any atom is 0.450 e. The van der Waals surface area contributed by atoms with Gasteiger partial charge >= 0.3 is 6.18 Å². The Hall–Kier alpha value is -2.84. The average molecular weight is 457 g/mol. The van der Waals surface area contributed by atoms with Gasteiger partial charge in [-0.25, -0.2) is 4.98 Å². The second kappa shape index (κ2) is 8.50. The van der Waals surface area contributed by atoms with E-state index in [0.29, 0.717) is 18.0 Å². The molecule has 2 aliphatic rings. The minimum atomic E-state index is -4.54. The lowest BCUT2D eigenvalue weighted by atomic mass is 9.77. The third kappa shape index (κ3) is 4.02. The van der Waals surface area contributed by atoms with Crippen molar-refractivity contribution in [3.05, 3.63) is 77.9 Å². The number of imidazole rings is 1. The van der Waals surface area contributed by atoms with Gasteiger partial charge in [-0.1, -0.05) is 30.3 Å². The molecule has 2 aliphatic heterocycles. The zero-order chi connectivity index (χ0) is 23.1. The normalized spacial score (nSPS) is 25.5. The fourth-order valence-electron chi connectivity index (χ4n) is 5.32. The van der Waals surface area contributed by atoms with Crippen molar-refractivity contribution in [1.82, 2.24) is 14.9 Å². The van der Waals surface area contributed by atoms with Crippen LogP contribution in [-0.4, -0.2) is 35.4 Å². The van der Waals surface area contributed by atoms with Crippen molar-refractivity contribution in [2.75, 3.05) is 20.3 Å². The number of benzene rings is 2. The first-order valence-corrected chi connectivity index (χ1v) is 11.1. The fourth-order valence-corrected chi connectivity index (χ4v) is 5.32. The number of ether oxygens (including phenoxy) is 2. The highest BCUT2D eigenvalue weighted by atomic mass is 19.4. The Morgan fingerprint density at radius 2 is 2.00 bits per heavy atom. The minimum absolute atomic E-state index is 0.00358. The van der Waals surface area contributed by atoms with E-state index >= 15 is 0 Å². The first kappa shape index (κ1) is 22.0. The van der Waals surface area contributed by atoms with E-state index in [9.17, 15) is 13.2 Å². The molecule has 5 nitrogen and oxygen atoms in total. The highest BCUT2D eigenvalue weighted by molar-refractivity contribution is 5.47. The second-order valence-corrected chi connectivity index (χ2v) is 8.72. The molecule has 3 heterocycles. The molecule has 1 spiro atoms. The topological polar surface area (TPSA) is 48.3 Å². The van der Waals surface area contributed by atoms with Crippen molar-refractivity contribution >= 4 is 0 Å². The monoisotopic (exact) mass is 457 g/mol. The van der Waals surface area contributed by atoms with Gasteiger partial charge in [0.05, 0.1) is 25.4 Å². The Labute approximate surface area is 190 Å². The van der Waals surface area contributed by atoms with Gasteiger partial charge in [0.2, 0.25) is 5.82 Å². The van der Waals surface area contributed by atoms with E-state index in [0.717, 1.165) is 35.9 Å². The molecule has 3 aromatic rings. The highest BCUT2D eigenvalue weighted by Crippen LogP contribution is 2.49. The van der Waals surface area contributed by atoms with E-state index < -0.39 is 12.0 Å². The van der Waals surface area contributed by atoms with Crippen molar-refractivity contribution in [3.8, 4) is 11.4 Å². The molecule has 0 aliphatic carbocycles. The molecule has 33 heavy (non-hydrogen) atoms. The van der Waals surface area contributed by atoms with E-state index in [-0.39, 0.29) is 17.6 Å². The second-order valence-electron chi connectivity index (χ2n) is 8.72. The van der Waals surface area contributed by atoms with Gasteiger partial charge in [-0.15, -0.1) is 0 Å². The van der Waals surface area contributed by atoms with Crippen LogP contribution in [0.5, 0.6) is 5.75 Å². The molecule has 3 atom stereocenters. The van der Waals surface area contributed by atoms with Gasteiger partial charge in [0.1, 0.15) is 5.75 Å². The highest BCUT2D eigenvalue weighted by Gasteiger charge is 2.49. The van der Waals surface area contributed by atoms with Crippen molar-refractivity contribution < 1.29 is 22.6 Å². The summed E-state index contributed by atoms with van der Waals surface area (Å²) in [5.41, 5.74) is 2.08. The molecule has 5 rings (SSSR count). The molecule has 174 valence electrons. The Morgan fingerprint density at radius 1 is 1.18 bits per heavy atom. The third-order valence-electron chi connectivity index (χ3n) is 6.77. The lowest BCUT2D eigenvalue weighted by Crippen LogP contribution is -2.48. The Bertz CT molecular complexity index is 1120. The van der Waals surface area contributed by atoms with Crippen LogP contribution in [0.2, 0.25) is 0 Å². The van der Waals surface area contributed by atoms with Crippen LogP contribution in [0, 0.1) is 0 Å². The Kier molecular flexibility index (Phi) is 5.66. The summed E-state index contributed by atoms with van der Waals surface area (Å²) in [6.07, 6.45) is 0.654. The molecule has 8 heteroatoms. The van der Waals surface area contributed by atoms with Crippen LogP contribution >= 0.6 is 0 Å². The van der Waals surface area contributed by atoms with Gasteiger partial charge < -0.3 is 14.8 Å². The number of rotatable bonds is 4. The van der Waals surface area contributed by atoms with Gasteiger partial charge in [-0.2, -0.15) is 13.2 Å². The number of methoxy groups -OCH3 is 1. The van der Waals surface area contributed by atoms with Crippen LogP contribution in [0.15, 0.2) is 60.9 Å². The van der Waals surface area contributed by atoms with Crippen molar-refractivity contribution in [3.63, 3.8) is 0 Å². The van der Waals surface area contributed by atoms with Crippen LogP contribution in [0.3, 0.4) is 0 Å². The van der Waals surface area contributed by atoms with Crippen LogP contribution in [0.25, 0.3) is 5.69 Å². The SMILES string of the molecule is COc1ccc(-n2ccnc2C(F)(F)F)cc1[C@H]1CO[C@]2(CCCN[C@H]2c2ccccc2)C1. The van der Waals surface area contributed by atoms with Crippen molar-refractivity contribution in [2.45, 2.75) is 43.0 Å². The average Bonchev–Trinajstić information content (AvgIpc) is 3.48. The van der Waals surface area contributed by atoms with Crippen LogP contribution in [0.1, 0.15) is 48.2 Å². The molecular formula is C25H26F3N3O2. The van der Waals surface area contributed by atoms with E-state index in [1.165, 1.54) is 18.0 Å². The molecule has 0 saturated carbocycles. The van der Waals surface area contributed by atoms with Crippen LogP contribution in [-0.2, 0) is 10.9 Å². The van der Waals surface area contributed by atoms with Crippen LogP contribution in [0.4, 0.5) is 13.2 Å². The Balaban J connectivity index is 1.49. The summed E-state index contributed by atoms with van der Waals surface area (Å²) in [5, 5.41) is 3.63. The summed E-state index contributed by atoms with van der Waals surface area (Å²) >= 11 is 0. The summed E-state index contributed by atoms with van der Waals surface area (Å²) in [5.74, 6) is -0.291. The summed E-state index contributed by atoms with van der Waals surface area (Å²) in [7, 11) is 1.58. The maximum atomic E-state index is 13.4. The number of alkyl halides is 3. The number of hydrogen-bond acceptors (Lipinski definition) is 4. The predicted molar refractivity (Wildman–Crippen MR) is 118 cm³/mol. The summed E-state index contributed by atoms with van der Waals surface area (Å²) < 4.78 is 53.4. The quantitative estimate of drug-likeness (QED) is 0.580. The van der Waals surface area contributed by atoms with E-state index in [2.05, 4.69) is 22.4 Å². The lowest BCUT2D eigenvalue weighted by molar-refractivity contribution is -0.145. The third-order valence-corrected chi connectivity index (χ3v) is 6.77. The molecule has 0 amide bonds. The molecule has 1 aromatic heterocycles. The van der Waals surface area contributed by atoms with E-state index in [4.69, 9.17) is 9.47 Å². The smallest absolute Gasteiger partial charge is 0.450 e. The number of halogens is 3. The Morgan fingerprint density at radius 3 is 2.76 bits per heavy atom. The predicted octanol–water partition coefficient (Wildman–Crippen LogP) is 5.27. The first-order chi connectivity index (χ1) is 15.9. The fraction of sp³-hybridized carbons (Fsp3) is 0.400. The summed E-state index contributed by atoms with van der Waals surface area (Å²) in [6, 6.07) is 15.5. The largest absolute Gasteiger partial charge is 0.496 e. The number of nitrogens with one attached hydrogen (secondary N) is 1. The number of piperidine rings is 1. The standard InChI is InChI=1S/C25H26F3N3O2/c1-32-21-9-8-19(31-13-12-30-23(31)25(26,27)28)14-20(21)18-15-24(33-16-18)10-5-11-29-22(24)17-6-3-2-4-7-17/h2-4,6-9,12-14,18,22,29H,5,10-11,15-16H2,1H3/t18-,22+,24-/m1/s1. The zero-order valence-electron chi connectivity index (χ0n) is 18.3. The molecular weight excluding hydrogens is 431 g/mol. The molecule has 2 saturated heterocycles. The van der Waals surface area contributed by atoms with E-state index in [1.807, 2.05) is 18.2 Å². The lowest BCUT2D eigenvalue weighted by Gasteiger charge is -2.41. The number of aromatic nitrogens is 2. The summed E-state index contributed by atoms with van der Waals surface area (Å²) in [6.45, 7) is 1.41. The molecule has 1 N–H and O–H groups in total. The van der Waals surface area contributed by atoms with Gasteiger partial charge in [0.15, 0.2) is 0 Å². The van der Waals surface area contributed by atoms with Crippen LogP contribution < -0.4 is 10.1 Å². The van der Waals surface area contributed by atoms with Crippen molar-refractivity contribution in [2.24, 2.45) is 0 Å². The molecule has 2 fully saturated rings. The minimum Gasteiger partial charge on any atom is -0.496 e. The molecule has 0 unspecified atom stereocenters. The maximum absolute atomic E-state index is 13.4. The molecule has 0 radical (unpaired) electrons.